The van der Waals surface area contributed by atoms with Gasteiger partial charge in [-0.1, -0.05) is 18.0 Å². The van der Waals surface area contributed by atoms with Crippen molar-refractivity contribution in [2.75, 3.05) is 5.32 Å². The predicted octanol–water partition coefficient (Wildman–Crippen LogP) is 4.26. The van der Waals surface area contributed by atoms with E-state index in [2.05, 4.69) is 21.7 Å². The number of hydrogen-bond acceptors (Lipinski definition) is 4. The Morgan fingerprint density at radius 3 is 2.88 bits per heavy atom. The molecule has 2 atom stereocenters. The van der Waals surface area contributed by atoms with E-state index < -0.39 is 0 Å². The minimum Gasteiger partial charge on any atom is -0.367 e. The molecule has 136 valence electrons. The standard InChI is InChI=1S/C20H23ClN4O/c1-12(2)23-20(26)13-4-3-5-16(8-13)24-19-9-14(11-22)17-10-15(21)6-7-18(17)25-19/h6-7,9-10,12-13,16H,3-5,8H2,1-2H3,(H,23,26)(H,24,25). The van der Waals surface area contributed by atoms with Crippen molar-refractivity contribution in [1.29, 1.82) is 5.26 Å². The van der Waals surface area contributed by atoms with Crippen LogP contribution in [0.25, 0.3) is 10.9 Å². The third kappa shape index (κ3) is 4.25. The molecular weight excluding hydrogens is 348 g/mol. The van der Waals surface area contributed by atoms with Crippen LogP contribution >= 0.6 is 11.6 Å². The first kappa shape index (κ1) is 18.5. The zero-order valence-electron chi connectivity index (χ0n) is 15.1. The number of carbonyl (C=O) groups excluding carboxylic acids is 1. The smallest absolute Gasteiger partial charge is 0.223 e. The van der Waals surface area contributed by atoms with Crippen molar-refractivity contribution in [1.82, 2.24) is 10.3 Å². The summed E-state index contributed by atoms with van der Waals surface area (Å²) in [6, 6.07) is 9.67. The van der Waals surface area contributed by atoms with E-state index in [1.165, 1.54) is 0 Å². The Hall–Kier alpha value is -2.32. The Morgan fingerprint density at radius 2 is 2.15 bits per heavy atom. The predicted molar refractivity (Wildman–Crippen MR) is 104 cm³/mol. The molecule has 0 radical (unpaired) electrons. The van der Waals surface area contributed by atoms with Gasteiger partial charge in [-0.25, -0.2) is 4.98 Å². The summed E-state index contributed by atoms with van der Waals surface area (Å²) in [6.07, 6.45) is 3.69. The molecule has 1 aromatic carbocycles. The lowest BCUT2D eigenvalue weighted by atomic mass is 9.85. The Labute approximate surface area is 158 Å². The minimum absolute atomic E-state index is 0.0263. The fourth-order valence-corrected chi connectivity index (χ4v) is 3.71. The number of pyridine rings is 1. The zero-order valence-corrected chi connectivity index (χ0v) is 15.8. The lowest BCUT2D eigenvalue weighted by molar-refractivity contribution is -0.126. The van der Waals surface area contributed by atoms with Crippen molar-refractivity contribution < 1.29 is 4.79 Å². The second-order valence-corrected chi connectivity index (χ2v) is 7.63. The van der Waals surface area contributed by atoms with Crippen molar-refractivity contribution >= 4 is 34.2 Å². The van der Waals surface area contributed by atoms with Gasteiger partial charge >= 0.3 is 0 Å². The van der Waals surface area contributed by atoms with Crippen LogP contribution in [0.5, 0.6) is 0 Å². The van der Waals surface area contributed by atoms with E-state index in [0.29, 0.717) is 16.4 Å². The van der Waals surface area contributed by atoms with Gasteiger partial charge in [0.2, 0.25) is 5.91 Å². The van der Waals surface area contributed by atoms with Crippen LogP contribution in [-0.2, 0) is 4.79 Å². The second kappa shape index (κ2) is 7.92. The summed E-state index contributed by atoms with van der Waals surface area (Å²) in [7, 11) is 0. The average Bonchev–Trinajstić information content (AvgIpc) is 2.61. The van der Waals surface area contributed by atoms with Crippen molar-refractivity contribution in [3.63, 3.8) is 0 Å². The normalized spacial score (nSPS) is 20.0. The van der Waals surface area contributed by atoms with E-state index in [9.17, 15) is 10.1 Å². The Balaban J connectivity index is 1.77. The van der Waals surface area contributed by atoms with Crippen molar-refractivity contribution in [2.45, 2.75) is 51.6 Å². The molecule has 2 N–H and O–H groups in total. The number of rotatable bonds is 4. The molecule has 1 fully saturated rings. The van der Waals surface area contributed by atoms with Crippen LogP contribution in [0.1, 0.15) is 45.1 Å². The van der Waals surface area contributed by atoms with E-state index in [-0.39, 0.29) is 23.9 Å². The molecule has 2 aromatic rings. The monoisotopic (exact) mass is 370 g/mol. The molecule has 26 heavy (non-hydrogen) atoms. The summed E-state index contributed by atoms with van der Waals surface area (Å²) in [6.45, 7) is 3.95. The highest BCUT2D eigenvalue weighted by Crippen LogP contribution is 2.29. The molecule has 6 heteroatoms. The van der Waals surface area contributed by atoms with Crippen molar-refractivity contribution in [3.05, 3.63) is 34.9 Å². The summed E-state index contributed by atoms with van der Waals surface area (Å²) in [5, 5.41) is 17.2. The first-order valence-electron chi connectivity index (χ1n) is 9.03. The van der Waals surface area contributed by atoms with Gasteiger partial charge in [0.15, 0.2) is 0 Å². The molecule has 3 rings (SSSR count). The zero-order chi connectivity index (χ0) is 18.7. The number of aromatic nitrogens is 1. The molecule has 0 bridgehead atoms. The summed E-state index contributed by atoms with van der Waals surface area (Å²) in [4.78, 5) is 16.9. The number of halogens is 1. The van der Waals surface area contributed by atoms with Crippen LogP contribution in [0, 0.1) is 17.2 Å². The molecule has 0 aliphatic heterocycles. The number of benzene rings is 1. The van der Waals surface area contributed by atoms with Crippen LogP contribution in [0.2, 0.25) is 5.02 Å². The van der Waals surface area contributed by atoms with Crippen molar-refractivity contribution in [2.24, 2.45) is 5.92 Å². The highest BCUT2D eigenvalue weighted by molar-refractivity contribution is 6.31. The van der Waals surface area contributed by atoms with E-state index >= 15 is 0 Å². The summed E-state index contributed by atoms with van der Waals surface area (Å²) in [5.74, 6) is 0.829. The van der Waals surface area contributed by atoms with E-state index in [1.807, 2.05) is 19.9 Å². The largest absolute Gasteiger partial charge is 0.367 e. The van der Waals surface area contributed by atoms with Gasteiger partial charge in [0.05, 0.1) is 17.1 Å². The molecule has 2 unspecified atom stereocenters. The van der Waals surface area contributed by atoms with E-state index in [1.54, 1.807) is 18.2 Å². The highest BCUT2D eigenvalue weighted by Gasteiger charge is 2.27. The maximum atomic E-state index is 12.3. The number of nitrogens with one attached hydrogen (secondary N) is 2. The lowest BCUT2D eigenvalue weighted by Crippen LogP contribution is -2.40. The fraction of sp³-hybridized carbons (Fsp3) is 0.450. The number of carbonyl (C=O) groups is 1. The molecule has 1 heterocycles. The summed E-state index contributed by atoms with van der Waals surface area (Å²) < 4.78 is 0. The van der Waals surface area contributed by atoms with Gasteiger partial charge in [-0.15, -0.1) is 0 Å². The van der Waals surface area contributed by atoms with Gasteiger partial charge in [0.25, 0.3) is 0 Å². The molecule has 1 saturated carbocycles. The van der Waals surface area contributed by atoms with Crippen molar-refractivity contribution in [3.8, 4) is 6.07 Å². The minimum atomic E-state index is 0.0263. The Bertz CT molecular complexity index is 859. The molecule has 5 nitrogen and oxygen atoms in total. The molecule has 1 aliphatic rings. The van der Waals surface area contributed by atoms with Gasteiger partial charge in [-0.2, -0.15) is 5.26 Å². The van der Waals surface area contributed by atoms with E-state index in [0.717, 1.165) is 36.6 Å². The van der Waals surface area contributed by atoms with Gasteiger partial charge in [-0.3, -0.25) is 4.79 Å². The van der Waals surface area contributed by atoms with Gasteiger partial charge in [0.1, 0.15) is 5.82 Å². The Morgan fingerprint density at radius 1 is 1.35 bits per heavy atom. The van der Waals surface area contributed by atoms with Gasteiger partial charge < -0.3 is 10.6 Å². The highest BCUT2D eigenvalue weighted by atomic mass is 35.5. The topological polar surface area (TPSA) is 77.8 Å². The first-order valence-corrected chi connectivity index (χ1v) is 9.41. The Kier molecular flexibility index (Phi) is 5.63. The average molecular weight is 371 g/mol. The summed E-state index contributed by atoms with van der Waals surface area (Å²) >= 11 is 6.03. The van der Waals surface area contributed by atoms with Crippen LogP contribution < -0.4 is 10.6 Å². The number of anilines is 1. The fourth-order valence-electron chi connectivity index (χ4n) is 3.53. The lowest BCUT2D eigenvalue weighted by Gasteiger charge is -2.30. The van der Waals surface area contributed by atoms with Crippen LogP contribution in [-0.4, -0.2) is 23.0 Å². The maximum Gasteiger partial charge on any atom is 0.223 e. The van der Waals surface area contributed by atoms with Gasteiger partial charge in [-0.05, 0) is 57.4 Å². The molecule has 1 aliphatic carbocycles. The number of nitriles is 1. The SMILES string of the molecule is CC(C)NC(=O)C1CCCC(Nc2cc(C#N)c3cc(Cl)ccc3n2)C1. The number of hydrogen-bond donors (Lipinski definition) is 2. The molecule has 0 saturated heterocycles. The van der Waals surface area contributed by atoms with E-state index in [4.69, 9.17) is 11.6 Å². The second-order valence-electron chi connectivity index (χ2n) is 7.20. The van der Waals surface area contributed by atoms with Crippen LogP contribution in [0.3, 0.4) is 0 Å². The first-order chi connectivity index (χ1) is 12.5. The maximum absolute atomic E-state index is 12.3. The molecule has 0 spiro atoms. The molecule has 1 amide bonds. The quantitative estimate of drug-likeness (QED) is 0.843. The number of amides is 1. The third-order valence-corrected chi connectivity index (χ3v) is 4.95. The van der Waals surface area contributed by atoms with Crippen LogP contribution in [0.4, 0.5) is 5.82 Å². The molecule has 1 aromatic heterocycles. The number of nitrogens with zero attached hydrogens (tertiary/aromatic N) is 2. The molecular formula is C20H23ClN4O. The summed E-state index contributed by atoms with van der Waals surface area (Å²) in [5.41, 5.74) is 1.28. The third-order valence-electron chi connectivity index (χ3n) is 4.72. The van der Waals surface area contributed by atoms with Crippen LogP contribution in [0.15, 0.2) is 24.3 Å². The van der Waals surface area contributed by atoms with Gasteiger partial charge in [0, 0.05) is 28.4 Å². The number of fused-ring (bicyclic) bond motifs is 1.